The number of hydrogen-bond acceptors (Lipinski definition) is 8. The molecule has 0 amide bonds. The van der Waals surface area contributed by atoms with Crippen LogP contribution in [0.2, 0.25) is 0 Å². The largest absolute Gasteiger partial charge is 1.00 e. The molecule has 0 aromatic heterocycles. The third-order valence-corrected chi connectivity index (χ3v) is 25.4. The van der Waals surface area contributed by atoms with Crippen molar-refractivity contribution in [3.8, 4) is 52.6 Å². The molecule has 0 bridgehead atoms. The first kappa shape index (κ1) is 121. The first-order chi connectivity index (χ1) is 65.4. The summed E-state index contributed by atoms with van der Waals surface area (Å²) in [4.78, 5) is 0. The maximum atomic E-state index is 14.9. The van der Waals surface area contributed by atoms with Gasteiger partial charge in [-0.1, -0.05) is 214 Å². The Balaban J connectivity index is 0.000000335. The molecule has 138 heavy (non-hydrogen) atoms. The van der Waals surface area contributed by atoms with Crippen molar-refractivity contribution in [1.29, 1.82) is 0 Å². The van der Waals surface area contributed by atoms with Crippen molar-refractivity contribution in [1.82, 2.24) is 0 Å². The molecule has 8 nitrogen and oxygen atoms in total. The van der Waals surface area contributed by atoms with E-state index in [1.54, 1.807) is 34.7 Å². The molecule has 6 unspecified atom stereocenters. The Bertz CT molecular complexity index is 5270. The fraction of sp³-hybridized carbons (Fsp3) is 0.463. The van der Waals surface area contributed by atoms with Crippen molar-refractivity contribution in [3.63, 3.8) is 0 Å². The first-order valence-electron chi connectivity index (χ1n) is 47.3. The number of aliphatic hydroxyl groups excluding tert-OH is 3. The van der Waals surface area contributed by atoms with E-state index in [9.17, 15) is 89.2 Å². The summed E-state index contributed by atoms with van der Waals surface area (Å²) < 4.78 is 251. The van der Waals surface area contributed by atoms with Gasteiger partial charge < -0.3 is 41.0 Å². The maximum Gasteiger partial charge on any atom is 1.00 e. The summed E-state index contributed by atoms with van der Waals surface area (Å²) in [6, 6.07) is 31.7. The van der Waals surface area contributed by atoms with Crippen LogP contribution in [-0.4, -0.2) is 69.1 Å². The normalized spacial score (nSPS) is 17.5. The van der Waals surface area contributed by atoms with E-state index in [1.165, 1.54) is 111 Å². The van der Waals surface area contributed by atoms with Crippen LogP contribution in [0.1, 0.15) is 287 Å². The summed E-state index contributed by atoms with van der Waals surface area (Å²) in [5.74, 6) is -10.6. The van der Waals surface area contributed by atoms with Crippen LogP contribution in [0.3, 0.4) is 0 Å². The number of terminal acetylenes is 1. The molecule has 750 valence electrons. The number of aliphatic hydroxyl groups is 3. The minimum absolute atomic E-state index is 0. The van der Waals surface area contributed by atoms with Crippen LogP contribution in [0, 0.1) is 144 Å². The number of aryl methyl sites for hydroxylation is 4. The van der Waals surface area contributed by atoms with Gasteiger partial charge in [-0.2, -0.15) is 13.2 Å². The zero-order valence-corrected chi connectivity index (χ0v) is 85.4. The molecule has 9 aromatic carbocycles. The van der Waals surface area contributed by atoms with Crippen LogP contribution in [0.25, 0.3) is 11.1 Å². The van der Waals surface area contributed by atoms with Crippen molar-refractivity contribution >= 4 is 51.1 Å². The Labute approximate surface area is 847 Å². The van der Waals surface area contributed by atoms with Crippen LogP contribution < -0.4 is 49.2 Å². The third-order valence-electron chi connectivity index (χ3n) is 24.0. The number of ether oxygens (including phenoxy) is 3. The van der Waals surface area contributed by atoms with Crippen molar-refractivity contribution in [3.05, 3.63) is 279 Å². The first-order valence-corrected chi connectivity index (χ1v) is 49.2. The summed E-state index contributed by atoms with van der Waals surface area (Å²) in [6.07, 6.45) is 34.0. The molecule has 3 aliphatic heterocycles. The standard InChI is InChI=1S/C27H34F2O.C15H21Br.C12H15BF2O3.C12H15F3O.C12H11F3O.C12H14F2O.C6H2F3I.C6H3F3.C6H10O.Na.H/c1-3-5-18-7-9-19(10-8-18)20-11-13-21(14-12-20)24-17-22-15-16-23(6-4-2)30-27(22)26(29)25(24)28;1-2-3-12-4-6-13(7-5-12)14-8-10-15(16)11-9-14;1-2-3-8-5-4-7-6-9(13(16)17)10(14)11(15)12(7)18-8;2*1-2-3-9(16)6-4-8-5-7-10(13)12(15)11(8)14;1-2-3-9-6-4-8-5-7-10(13)11(14)12(8)15-9;7-3-1-2-4(10)6(9)5(3)8;7-4-2-1-3-5(8)6(4)9;1-3-5-6(7)4-2;;/h11-14,17-19,23H,3-10,15-16H2,1-2H3;8-13H,2-7H2,1H3;6,8,16-17H,2-5H2,1H3;5,7,9,16H,2-4,6H2,1H3;5,7,9,16H,2-3H2,1H3;5,7,9H,2-4,6H2,1H3;1-2H;1-3H;2,6-7H,3,5H2,1H3;;/q;;;;;;;;;+1;-1. The van der Waals surface area contributed by atoms with E-state index < -0.39 is 136 Å². The number of fused-ring (bicyclic) bond motifs is 3. The SMILES string of the molecule is C#CC(O)CCC.CCCC(O)C#Cc1ccc(F)c(F)c1F.CCCC(O)CCc1ccc(F)c(F)c1F.CCCC1CCC(c2ccc(-c3cc4c(c(F)c3F)OC(CCC)CC4)cc2)CC1.CCCC1CCC(c2ccc(Br)cc2)CC1.CCCC1CCc2cc(B(O)O)c(F)c(F)c2O1.CCCC1CCc2ccc(F)c(F)c2O1.Fc1ccc(I)c(F)c1F.Fc1cccc(F)c1F.[H-].[Na+]. The molecule has 2 fully saturated rings. The Morgan fingerprint density at radius 2 is 0.804 bits per heavy atom. The van der Waals surface area contributed by atoms with E-state index in [0.717, 1.165) is 179 Å². The zero-order chi connectivity index (χ0) is 101. The van der Waals surface area contributed by atoms with E-state index in [2.05, 4.69) is 97.8 Å². The quantitative estimate of drug-likeness (QED) is 0.0107. The molecule has 14 rings (SSSR count). The van der Waals surface area contributed by atoms with Gasteiger partial charge in [-0.15, -0.1) is 6.42 Å². The fourth-order valence-electron chi connectivity index (χ4n) is 16.5. The van der Waals surface area contributed by atoms with Crippen LogP contribution in [0.15, 0.2) is 132 Å². The van der Waals surface area contributed by atoms with Gasteiger partial charge in [0.15, 0.2) is 105 Å². The third kappa shape index (κ3) is 38.2. The summed E-state index contributed by atoms with van der Waals surface area (Å²) in [5, 5.41) is 45.3. The summed E-state index contributed by atoms with van der Waals surface area (Å²) in [7, 11) is -2.02. The molecular formula is C108H126BBrF18INaO8. The summed E-state index contributed by atoms with van der Waals surface area (Å²) in [5.41, 5.74) is 5.43. The second-order valence-electron chi connectivity index (χ2n) is 34.5. The van der Waals surface area contributed by atoms with Crippen molar-refractivity contribution in [2.75, 3.05) is 0 Å². The Morgan fingerprint density at radius 3 is 1.25 bits per heavy atom. The molecule has 5 N–H and O–H groups in total. The van der Waals surface area contributed by atoms with Gasteiger partial charge in [0.05, 0.1) is 33.5 Å². The molecule has 30 heteroatoms. The zero-order valence-electron chi connectivity index (χ0n) is 80.7. The van der Waals surface area contributed by atoms with Gasteiger partial charge in [-0.25, -0.2) is 65.9 Å². The molecular weight excluding hydrogens is 2010 g/mol. The molecule has 5 aliphatic rings. The average Bonchev–Trinajstić information content (AvgIpc) is 0.775. The second kappa shape index (κ2) is 63.4. The van der Waals surface area contributed by atoms with Gasteiger partial charge in [0.2, 0.25) is 17.5 Å². The molecule has 0 spiro atoms. The number of halogens is 20. The predicted molar refractivity (Wildman–Crippen MR) is 516 cm³/mol. The van der Waals surface area contributed by atoms with Gasteiger partial charge >= 0.3 is 36.7 Å². The Morgan fingerprint density at radius 1 is 0.399 bits per heavy atom. The van der Waals surface area contributed by atoms with E-state index in [1.807, 2.05) is 39.8 Å². The smallest absolute Gasteiger partial charge is 1.00 e. The molecule has 9 aromatic rings. The van der Waals surface area contributed by atoms with Crippen molar-refractivity contribution in [2.24, 2.45) is 11.8 Å². The molecule has 2 aliphatic carbocycles. The summed E-state index contributed by atoms with van der Waals surface area (Å²) >= 11 is 5.08. The minimum atomic E-state index is -2.02. The van der Waals surface area contributed by atoms with Crippen molar-refractivity contribution < 1.29 is 150 Å². The van der Waals surface area contributed by atoms with Gasteiger partial charge in [0, 0.05) is 15.5 Å². The second-order valence-corrected chi connectivity index (χ2v) is 36.6. The fourth-order valence-corrected chi connectivity index (χ4v) is 17.2. The number of hydrogen-bond donors (Lipinski definition) is 5. The Kier molecular flexibility index (Phi) is 55.5. The monoisotopic (exact) mass is 2130 g/mol. The van der Waals surface area contributed by atoms with E-state index in [-0.39, 0.29) is 87.7 Å². The molecule has 3 heterocycles. The summed E-state index contributed by atoms with van der Waals surface area (Å²) in [6.45, 7) is 16.5. The maximum absolute atomic E-state index is 14.9. The van der Waals surface area contributed by atoms with Crippen LogP contribution in [0.5, 0.6) is 17.2 Å². The Hall–Kier alpha value is -7.69. The van der Waals surface area contributed by atoms with Gasteiger partial charge in [0.25, 0.3) is 0 Å². The van der Waals surface area contributed by atoms with E-state index in [0.29, 0.717) is 42.7 Å². The average molecular weight is 2130 g/mol. The van der Waals surface area contributed by atoms with E-state index in [4.69, 9.17) is 35.8 Å². The molecule has 0 saturated heterocycles. The number of benzene rings is 9. The molecule has 6 atom stereocenters. The van der Waals surface area contributed by atoms with Gasteiger partial charge in [-0.3, -0.25) is 0 Å². The van der Waals surface area contributed by atoms with E-state index >= 15 is 0 Å². The van der Waals surface area contributed by atoms with Gasteiger partial charge in [-0.05, 0) is 293 Å². The minimum Gasteiger partial charge on any atom is -1.00 e. The molecule has 2 saturated carbocycles. The predicted octanol–water partition coefficient (Wildman–Crippen LogP) is 26.8. The van der Waals surface area contributed by atoms with Crippen LogP contribution in [-0.2, 0) is 25.7 Å². The topological polar surface area (TPSA) is 129 Å². The van der Waals surface area contributed by atoms with Crippen molar-refractivity contribution in [2.45, 2.75) is 309 Å². The van der Waals surface area contributed by atoms with Gasteiger partial charge in [0.1, 0.15) is 12.2 Å². The number of rotatable bonds is 23. The van der Waals surface area contributed by atoms with Crippen LogP contribution in [0.4, 0.5) is 79.0 Å². The molecule has 0 radical (unpaired) electrons. The van der Waals surface area contributed by atoms with Crippen LogP contribution >= 0.6 is 38.5 Å².